The molecular weight excluding hydrogens is 302 g/mol. The summed E-state index contributed by atoms with van der Waals surface area (Å²) < 4.78 is 0. The minimum absolute atomic E-state index is 0.0613. The molecule has 130 valence electrons. The molecule has 2 heterocycles. The fourth-order valence-corrected chi connectivity index (χ4v) is 4.09. The van der Waals surface area contributed by atoms with E-state index in [1.807, 2.05) is 23.6 Å². The Bertz CT molecular complexity index is 648. The van der Waals surface area contributed by atoms with Crippen molar-refractivity contribution < 1.29 is 9.59 Å². The Labute approximate surface area is 144 Å². The Morgan fingerprint density at radius 1 is 1.21 bits per heavy atom. The number of hydrogen-bond acceptors (Lipinski definition) is 3. The lowest BCUT2D eigenvalue weighted by molar-refractivity contribution is -0.138. The topological polar surface area (TPSA) is 52.7 Å². The van der Waals surface area contributed by atoms with Gasteiger partial charge in [-0.1, -0.05) is 17.7 Å². The molecule has 0 bridgehead atoms. The first-order chi connectivity index (χ1) is 11.4. The van der Waals surface area contributed by atoms with E-state index in [-0.39, 0.29) is 23.8 Å². The van der Waals surface area contributed by atoms with Gasteiger partial charge in [0, 0.05) is 44.3 Å². The third kappa shape index (κ3) is 3.05. The van der Waals surface area contributed by atoms with Crippen LogP contribution in [0.5, 0.6) is 0 Å². The van der Waals surface area contributed by atoms with Crippen molar-refractivity contribution >= 4 is 17.5 Å². The number of hydrogen-bond donors (Lipinski definition) is 1. The highest BCUT2D eigenvalue weighted by Gasteiger charge is 2.39. The molecule has 2 saturated heterocycles. The molecule has 3 rings (SSSR count). The number of rotatable bonds is 2. The van der Waals surface area contributed by atoms with E-state index in [1.54, 1.807) is 0 Å². The molecule has 2 fully saturated rings. The highest BCUT2D eigenvalue weighted by Crippen LogP contribution is 2.32. The zero-order valence-corrected chi connectivity index (χ0v) is 15.1. The van der Waals surface area contributed by atoms with Crippen LogP contribution in [-0.2, 0) is 9.59 Å². The van der Waals surface area contributed by atoms with E-state index >= 15 is 0 Å². The van der Waals surface area contributed by atoms with Crippen molar-refractivity contribution in [2.24, 2.45) is 5.92 Å². The van der Waals surface area contributed by atoms with Crippen LogP contribution in [0, 0.1) is 26.7 Å². The summed E-state index contributed by atoms with van der Waals surface area (Å²) in [4.78, 5) is 29.2. The molecule has 24 heavy (non-hydrogen) atoms. The molecule has 2 amide bonds. The number of anilines is 1. The van der Waals surface area contributed by atoms with E-state index in [2.05, 4.69) is 31.3 Å². The van der Waals surface area contributed by atoms with Gasteiger partial charge in [-0.15, -0.1) is 0 Å². The SMILES string of the molecule is Cc1cc(C)c(N2CC(C(=O)N3CCNC[C@@H]3C)CC2=O)c(C)c1. The first-order valence-electron chi connectivity index (χ1n) is 8.78. The van der Waals surface area contributed by atoms with Crippen molar-refractivity contribution in [3.63, 3.8) is 0 Å². The van der Waals surface area contributed by atoms with Gasteiger partial charge in [-0.05, 0) is 38.8 Å². The standard InChI is InChI=1S/C19H27N3O2/c1-12-7-13(2)18(14(3)8-12)22-11-16(9-17(22)23)19(24)21-6-5-20-10-15(21)4/h7-8,15-16,20H,5-6,9-11H2,1-4H3/t15-,16?/m0/s1. The number of aryl methyl sites for hydroxylation is 3. The molecule has 0 saturated carbocycles. The molecular formula is C19H27N3O2. The Balaban J connectivity index is 1.80. The van der Waals surface area contributed by atoms with E-state index in [4.69, 9.17) is 0 Å². The van der Waals surface area contributed by atoms with Crippen LogP contribution in [0.1, 0.15) is 30.0 Å². The van der Waals surface area contributed by atoms with Gasteiger partial charge in [0.1, 0.15) is 0 Å². The molecule has 5 heteroatoms. The van der Waals surface area contributed by atoms with Gasteiger partial charge in [-0.2, -0.15) is 0 Å². The summed E-state index contributed by atoms with van der Waals surface area (Å²) in [6, 6.07) is 4.39. The number of amides is 2. The number of carbonyl (C=O) groups excluding carboxylic acids is 2. The van der Waals surface area contributed by atoms with Gasteiger partial charge in [-0.3, -0.25) is 9.59 Å². The quantitative estimate of drug-likeness (QED) is 0.900. The van der Waals surface area contributed by atoms with Crippen molar-refractivity contribution in [3.05, 3.63) is 28.8 Å². The third-order valence-corrected chi connectivity index (χ3v) is 5.16. The summed E-state index contributed by atoms with van der Waals surface area (Å²) in [5, 5.41) is 3.30. The first-order valence-corrected chi connectivity index (χ1v) is 8.78. The summed E-state index contributed by atoms with van der Waals surface area (Å²) in [6.07, 6.45) is 0.322. The molecule has 5 nitrogen and oxygen atoms in total. The molecule has 1 aromatic rings. The normalized spacial score (nSPS) is 24.6. The predicted octanol–water partition coefficient (Wildman–Crippen LogP) is 1.79. The fourth-order valence-electron chi connectivity index (χ4n) is 4.09. The maximum Gasteiger partial charge on any atom is 0.228 e. The van der Waals surface area contributed by atoms with Gasteiger partial charge < -0.3 is 15.1 Å². The third-order valence-electron chi connectivity index (χ3n) is 5.16. The maximum atomic E-state index is 12.9. The van der Waals surface area contributed by atoms with Gasteiger partial charge >= 0.3 is 0 Å². The average Bonchev–Trinajstić information content (AvgIpc) is 2.88. The summed E-state index contributed by atoms with van der Waals surface area (Å²) in [7, 11) is 0. The van der Waals surface area contributed by atoms with E-state index in [0.717, 1.165) is 36.4 Å². The van der Waals surface area contributed by atoms with E-state index in [1.165, 1.54) is 5.56 Å². The second-order valence-corrected chi connectivity index (χ2v) is 7.24. The second-order valence-electron chi connectivity index (χ2n) is 7.24. The van der Waals surface area contributed by atoms with Crippen LogP contribution in [0.2, 0.25) is 0 Å². The molecule has 0 radical (unpaired) electrons. The minimum atomic E-state index is -0.224. The lowest BCUT2D eigenvalue weighted by Crippen LogP contribution is -2.54. The number of benzene rings is 1. The molecule has 2 aliphatic heterocycles. The maximum absolute atomic E-state index is 12.9. The molecule has 2 aliphatic rings. The number of piperazine rings is 1. The smallest absolute Gasteiger partial charge is 0.228 e. The zero-order valence-electron chi connectivity index (χ0n) is 15.1. The van der Waals surface area contributed by atoms with E-state index in [0.29, 0.717) is 13.0 Å². The van der Waals surface area contributed by atoms with Gasteiger partial charge in [0.15, 0.2) is 0 Å². The molecule has 1 N–H and O–H groups in total. The predicted molar refractivity (Wildman–Crippen MR) is 95.2 cm³/mol. The Morgan fingerprint density at radius 2 is 1.88 bits per heavy atom. The molecule has 2 atom stereocenters. The first kappa shape index (κ1) is 17.0. The van der Waals surface area contributed by atoms with Crippen molar-refractivity contribution in [1.82, 2.24) is 10.2 Å². The van der Waals surface area contributed by atoms with Crippen LogP contribution >= 0.6 is 0 Å². The molecule has 1 aromatic carbocycles. The average molecular weight is 329 g/mol. The zero-order chi connectivity index (χ0) is 17.4. The number of carbonyl (C=O) groups is 2. The van der Waals surface area contributed by atoms with Crippen LogP contribution in [0.25, 0.3) is 0 Å². The minimum Gasteiger partial charge on any atom is -0.337 e. The summed E-state index contributed by atoms with van der Waals surface area (Å²) in [5.74, 6) is -0.0355. The highest BCUT2D eigenvalue weighted by atomic mass is 16.2. The molecule has 0 spiro atoms. The number of nitrogens with one attached hydrogen (secondary N) is 1. The second kappa shape index (κ2) is 6.55. The Kier molecular flexibility index (Phi) is 4.63. The Hall–Kier alpha value is -1.88. The van der Waals surface area contributed by atoms with Crippen molar-refractivity contribution in [2.45, 2.75) is 40.2 Å². The van der Waals surface area contributed by atoms with Gasteiger partial charge in [0.25, 0.3) is 0 Å². The van der Waals surface area contributed by atoms with E-state index in [9.17, 15) is 9.59 Å². The van der Waals surface area contributed by atoms with Crippen molar-refractivity contribution in [1.29, 1.82) is 0 Å². The summed E-state index contributed by atoms with van der Waals surface area (Å²) in [5.41, 5.74) is 4.38. The van der Waals surface area contributed by atoms with Crippen LogP contribution in [0.4, 0.5) is 5.69 Å². The Morgan fingerprint density at radius 3 is 2.50 bits per heavy atom. The van der Waals surface area contributed by atoms with Gasteiger partial charge in [0.2, 0.25) is 11.8 Å². The van der Waals surface area contributed by atoms with Gasteiger partial charge in [0.05, 0.1) is 5.92 Å². The molecule has 1 unspecified atom stereocenters. The van der Waals surface area contributed by atoms with Crippen LogP contribution < -0.4 is 10.2 Å². The summed E-state index contributed by atoms with van der Waals surface area (Å²) in [6.45, 7) is 11.1. The number of nitrogens with zero attached hydrogens (tertiary/aromatic N) is 2. The molecule has 0 aromatic heterocycles. The van der Waals surface area contributed by atoms with Crippen molar-refractivity contribution in [3.8, 4) is 0 Å². The van der Waals surface area contributed by atoms with Crippen LogP contribution in [0.15, 0.2) is 12.1 Å². The van der Waals surface area contributed by atoms with Crippen LogP contribution in [0.3, 0.4) is 0 Å². The monoisotopic (exact) mass is 329 g/mol. The molecule has 0 aliphatic carbocycles. The van der Waals surface area contributed by atoms with Crippen LogP contribution in [-0.4, -0.2) is 48.9 Å². The largest absolute Gasteiger partial charge is 0.337 e. The highest BCUT2D eigenvalue weighted by molar-refractivity contribution is 6.01. The summed E-state index contributed by atoms with van der Waals surface area (Å²) >= 11 is 0. The van der Waals surface area contributed by atoms with Crippen molar-refractivity contribution in [2.75, 3.05) is 31.1 Å². The lowest BCUT2D eigenvalue weighted by atomic mass is 10.0. The lowest BCUT2D eigenvalue weighted by Gasteiger charge is -2.35. The van der Waals surface area contributed by atoms with Gasteiger partial charge in [-0.25, -0.2) is 0 Å². The fraction of sp³-hybridized carbons (Fsp3) is 0.579. The van der Waals surface area contributed by atoms with E-state index < -0.39 is 0 Å².